The van der Waals surface area contributed by atoms with Crippen LogP contribution in [0, 0.1) is 0 Å². The third kappa shape index (κ3) is 5.32. The van der Waals surface area contributed by atoms with Gasteiger partial charge in [0.05, 0.1) is 19.3 Å². The molecule has 0 aliphatic carbocycles. The molecule has 1 aromatic carbocycles. The topological polar surface area (TPSA) is 92.8 Å². The Hall–Kier alpha value is -1.08. The zero-order valence-electron chi connectivity index (χ0n) is 12.2. The van der Waals surface area contributed by atoms with Crippen molar-refractivity contribution in [2.45, 2.75) is 25.0 Å². The number of carbonyl (C=O) groups excluding carboxylic acids is 1. The Morgan fingerprint density at radius 1 is 1.43 bits per heavy atom. The van der Waals surface area contributed by atoms with Crippen molar-refractivity contribution in [3.63, 3.8) is 0 Å². The molecule has 118 valence electrons. The molecule has 0 saturated carbocycles. The van der Waals surface area contributed by atoms with Crippen LogP contribution in [0.1, 0.15) is 18.9 Å². The van der Waals surface area contributed by atoms with E-state index in [9.17, 15) is 9.90 Å². The maximum absolute atomic E-state index is 12.2. The lowest BCUT2D eigenvalue weighted by molar-refractivity contribution is -0.150. The van der Waals surface area contributed by atoms with Crippen molar-refractivity contribution in [1.29, 1.82) is 0 Å². The molecule has 0 aliphatic heterocycles. The highest BCUT2D eigenvalue weighted by atomic mass is 32.2. The van der Waals surface area contributed by atoms with Crippen LogP contribution in [-0.4, -0.2) is 47.0 Å². The normalized spacial score (nSPS) is 15.2. The van der Waals surface area contributed by atoms with Gasteiger partial charge >= 0.3 is 5.97 Å². The van der Waals surface area contributed by atoms with Crippen molar-refractivity contribution in [2.24, 2.45) is 5.73 Å². The second-order valence-electron chi connectivity index (χ2n) is 4.72. The monoisotopic (exact) mass is 313 g/mol. The maximum Gasteiger partial charge on any atom is 0.330 e. The van der Waals surface area contributed by atoms with Gasteiger partial charge in [0.15, 0.2) is 0 Å². The van der Waals surface area contributed by atoms with Crippen LogP contribution in [0.15, 0.2) is 30.3 Å². The first-order valence-electron chi connectivity index (χ1n) is 6.93. The standard InChI is InChI=1S/C15H23NO4S/c1-2-20-14(19)15(16,12-6-4-3-5-7-12)8-9-21-11-13(18)10-17/h3-7,13,17-18H,2,8-11,16H2,1H3. The molecule has 6 heteroatoms. The quantitative estimate of drug-likeness (QED) is 0.463. The van der Waals surface area contributed by atoms with E-state index in [1.165, 1.54) is 11.8 Å². The van der Waals surface area contributed by atoms with Crippen LogP contribution in [0.5, 0.6) is 0 Å². The van der Waals surface area contributed by atoms with Gasteiger partial charge in [-0.2, -0.15) is 11.8 Å². The van der Waals surface area contributed by atoms with Gasteiger partial charge in [-0.05, 0) is 24.7 Å². The van der Waals surface area contributed by atoms with Crippen LogP contribution >= 0.6 is 11.8 Å². The summed E-state index contributed by atoms with van der Waals surface area (Å²) in [6.45, 7) is 1.76. The number of rotatable bonds is 9. The van der Waals surface area contributed by atoms with Crippen LogP contribution in [0.4, 0.5) is 0 Å². The number of hydrogen-bond donors (Lipinski definition) is 3. The zero-order chi connectivity index (χ0) is 15.7. The van der Waals surface area contributed by atoms with Crippen LogP contribution in [0.3, 0.4) is 0 Å². The minimum atomic E-state index is -1.19. The molecule has 0 heterocycles. The summed E-state index contributed by atoms with van der Waals surface area (Å²) < 4.78 is 5.10. The van der Waals surface area contributed by atoms with Crippen LogP contribution in [0.25, 0.3) is 0 Å². The van der Waals surface area contributed by atoms with Crippen molar-refractivity contribution in [1.82, 2.24) is 0 Å². The highest BCUT2D eigenvalue weighted by Gasteiger charge is 2.37. The van der Waals surface area contributed by atoms with Gasteiger partial charge in [-0.25, -0.2) is 4.79 Å². The first-order chi connectivity index (χ1) is 10.0. The Morgan fingerprint density at radius 3 is 2.67 bits per heavy atom. The third-order valence-electron chi connectivity index (χ3n) is 3.09. The number of carbonyl (C=O) groups is 1. The fourth-order valence-corrected chi connectivity index (χ4v) is 2.88. The summed E-state index contributed by atoms with van der Waals surface area (Å²) >= 11 is 1.45. The number of aliphatic hydroxyl groups is 2. The number of esters is 1. The number of hydrogen-bond acceptors (Lipinski definition) is 6. The number of aliphatic hydroxyl groups excluding tert-OH is 2. The van der Waals surface area contributed by atoms with Crippen LogP contribution in [-0.2, 0) is 15.1 Å². The first-order valence-corrected chi connectivity index (χ1v) is 8.08. The average molecular weight is 313 g/mol. The fourth-order valence-electron chi connectivity index (χ4n) is 1.86. The molecule has 4 N–H and O–H groups in total. The summed E-state index contributed by atoms with van der Waals surface area (Å²) in [5.74, 6) is 0.547. The molecular weight excluding hydrogens is 290 g/mol. The van der Waals surface area contributed by atoms with Gasteiger partial charge in [0.2, 0.25) is 0 Å². The molecule has 0 aromatic heterocycles. The minimum Gasteiger partial charge on any atom is -0.464 e. The number of ether oxygens (including phenoxy) is 1. The average Bonchev–Trinajstić information content (AvgIpc) is 2.52. The predicted octanol–water partition coefficient (Wildman–Crippen LogP) is 0.880. The minimum absolute atomic E-state index is 0.267. The summed E-state index contributed by atoms with van der Waals surface area (Å²) in [4.78, 5) is 12.2. The summed E-state index contributed by atoms with van der Waals surface area (Å²) in [7, 11) is 0. The van der Waals surface area contributed by atoms with E-state index in [1.807, 2.05) is 30.3 Å². The molecular formula is C15H23NO4S. The number of benzene rings is 1. The molecule has 2 atom stereocenters. The predicted molar refractivity (Wildman–Crippen MR) is 84.0 cm³/mol. The Morgan fingerprint density at radius 2 is 2.10 bits per heavy atom. The van der Waals surface area contributed by atoms with Crippen LogP contribution in [0.2, 0.25) is 0 Å². The second kappa shape index (κ2) is 9.04. The summed E-state index contributed by atoms with van der Waals surface area (Å²) in [6.07, 6.45) is -0.347. The zero-order valence-corrected chi connectivity index (χ0v) is 13.0. The molecule has 0 fully saturated rings. The van der Waals surface area contributed by atoms with E-state index in [0.717, 1.165) is 0 Å². The lowest BCUT2D eigenvalue weighted by Crippen LogP contribution is -2.46. The third-order valence-corrected chi connectivity index (χ3v) is 4.20. The Balaban J connectivity index is 2.72. The summed E-state index contributed by atoms with van der Waals surface area (Å²) in [5, 5.41) is 18.1. The van der Waals surface area contributed by atoms with Gasteiger partial charge in [0.1, 0.15) is 5.54 Å². The highest BCUT2D eigenvalue weighted by Crippen LogP contribution is 2.26. The molecule has 1 aromatic rings. The summed E-state index contributed by atoms with van der Waals surface area (Å²) in [6, 6.07) is 9.15. The molecule has 0 aliphatic rings. The fraction of sp³-hybridized carbons (Fsp3) is 0.533. The Kier molecular flexibility index (Phi) is 7.74. The van der Waals surface area contributed by atoms with Gasteiger partial charge in [0, 0.05) is 5.75 Å². The Bertz CT molecular complexity index is 429. The SMILES string of the molecule is CCOC(=O)C(N)(CCSCC(O)CO)c1ccccc1. The van der Waals surface area contributed by atoms with E-state index in [2.05, 4.69) is 0 Å². The molecule has 21 heavy (non-hydrogen) atoms. The molecule has 0 spiro atoms. The smallest absolute Gasteiger partial charge is 0.330 e. The van der Waals surface area contributed by atoms with Gasteiger partial charge in [-0.1, -0.05) is 30.3 Å². The van der Waals surface area contributed by atoms with E-state index >= 15 is 0 Å². The first kappa shape index (κ1) is 18.0. The summed E-state index contributed by atoms with van der Waals surface area (Å²) in [5.41, 5.74) is 5.83. The van der Waals surface area contributed by atoms with E-state index in [-0.39, 0.29) is 13.2 Å². The van der Waals surface area contributed by atoms with Gasteiger partial charge in [-0.3, -0.25) is 0 Å². The van der Waals surface area contributed by atoms with Crippen LogP contribution < -0.4 is 5.73 Å². The van der Waals surface area contributed by atoms with Crippen molar-refractivity contribution >= 4 is 17.7 Å². The van der Waals surface area contributed by atoms with Crippen molar-refractivity contribution in [3.05, 3.63) is 35.9 Å². The van der Waals surface area contributed by atoms with Gasteiger partial charge < -0.3 is 20.7 Å². The van der Waals surface area contributed by atoms with Gasteiger partial charge in [-0.15, -0.1) is 0 Å². The molecule has 1 rings (SSSR count). The van der Waals surface area contributed by atoms with Crippen molar-refractivity contribution in [3.8, 4) is 0 Å². The lowest BCUT2D eigenvalue weighted by Gasteiger charge is -2.27. The Labute approximate surface area is 129 Å². The lowest BCUT2D eigenvalue weighted by atomic mass is 9.88. The molecule has 0 amide bonds. The molecule has 0 bridgehead atoms. The van der Waals surface area contributed by atoms with E-state index in [0.29, 0.717) is 23.5 Å². The van der Waals surface area contributed by atoms with E-state index < -0.39 is 17.6 Å². The molecule has 2 unspecified atom stereocenters. The van der Waals surface area contributed by atoms with E-state index in [4.69, 9.17) is 15.6 Å². The molecule has 0 radical (unpaired) electrons. The second-order valence-corrected chi connectivity index (χ2v) is 5.87. The molecule has 5 nitrogen and oxygen atoms in total. The van der Waals surface area contributed by atoms with E-state index in [1.54, 1.807) is 6.92 Å². The van der Waals surface area contributed by atoms with Gasteiger partial charge in [0.25, 0.3) is 0 Å². The molecule has 0 saturated heterocycles. The van der Waals surface area contributed by atoms with Crippen molar-refractivity contribution < 1.29 is 19.7 Å². The number of nitrogens with two attached hydrogens (primary N) is 1. The largest absolute Gasteiger partial charge is 0.464 e. The maximum atomic E-state index is 12.2. The van der Waals surface area contributed by atoms with Crippen molar-refractivity contribution in [2.75, 3.05) is 24.7 Å². The number of thioether (sulfide) groups is 1. The highest BCUT2D eigenvalue weighted by molar-refractivity contribution is 7.99.